The van der Waals surface area contributed by atoms with E-state index >= 15 is 0 Å². The Morgan fingerprint density at radius 2 is 2.16 bits per heavy atom. The summed E-state index contributed by atoms with van der Waals surface area (Å²) in [4.78, 5) is 23.6. The van der Waals surface area contributed by atoms with Gasteiger partial charge in [-0.25, -0.2) is 4.79 Å². The number of hydrogen-bond donors (Lipinski definition) is 5. The highest BCUT2D eigenvalue weighted by atomic mass is 16.7. The van der Waals surface area contributed by atoms with Crippen molar-refractivity contribution in [3.05, 3.63) is 0 Å². The predicted molar refractivity (Wildman–Crippen MR) is 82.4 cm³/mol. The van der Waals surface area contributed by atoms with E-state index in [0.717, 1.165) is 7.11 Å². The maximum Gasteiger partial charge on any atom is 0.366 e. The van der Waals surface area contributed by atoms with E-state index in [4.69, 9.17) is 15.9 Å². The molecule has 1 heterocycles. The van der Waals surface area contributed by atoms with Gasteiger partial charge < -0.3 is 40.6 Å². The molecule has 10 heteroatoms. The van der Waals surface area contributed by atoms with E-state index in [1.165, 1.54) is 6.92 Å². The van der Waals surface area contributed by atoms with Crippen LogP contribution in [0.1, 0.15) is 13.3 Å². The van der Waals surface area contributed by atoms with E-state index in [9.17, 15) is 24.9 Å². The third kappa shape index (κ3) is 4.88. The van der Waals surface area contributed by atoms with E-state index in [1.54, 1.807) is 0 Å². The van der Waals surface area contributed by atoms with Crippen molar-refractivity contribution in [3.63, 3.8) is 0 Å². The highest BCUT2D eigenvalue weighted by Crippen LogP contribution is 2.34. The van der Waals surface area contributed by atoms with Gasteiger partial charge in [0, 0.05) is 13.3 Å². The number of ether oxygens (including phenoxy) is 3. The predicted octanol–water partition coefficient (Wildman–Crippen LogP) is -3.88. The van der Waals surface area contributed by atoms with Gasteiger partial charge in [0.05, 0.1) is 19.3 Å². The maximum absolute atomic E-state index is 12.2. The smallest absolute Gasteiger partial charge is 0.366 e. The summed E-state index contributed by atoms with van der Waals surface area (Å²) < 4.78 is 15.5. The van der Waals surface area contributed by atoms with Gasteiger partial charge in [0.25, 0.3) is 5.79 Å². The van der Waals surface area contributed by atoms with Crippen LogP contribution in [0.15, 0.2) is 0 Å². The van der Waals surface area contributed by atoms with E-state index in [-0.39, 0.29) is 13.2 Å². The van der Waals surface area contributed by atoms with Crippen molar-refractivity contribution in [3.8, 4) is 12.3 Å². The standard InChI is InChI=1S/C15H24N2O8/c1-4-5-24-15(14(22)23-3)6-9(19)11(17-8(2)18)13(25-15)12(21)10(20)7-16/h1,9-13,19-21H,5-7,16H2,2-3H3,(H,17,18)/p+1/t9-,10-,11-,12-,13?,15-/m1/s1. The lowest BCUT2D eigenvalue weighted by Gasteiger charge is -2.46. The summed E-state index contributed by atoms with van der Waals surface area (Å²) in [6.45, 7) is 0.818. The Kier molecular flexibility index (Phi) is 7.75. The molecular formula is C15H25N2O8+. The van der Waals surface area contributed by atoms with Gasteiger partial charge in [-0.2, -0.15) is 0 Å². The number of carbonyl (C=O) groups excluding carboxylic acids is 2. The Hall–Kier alpha value is -1.74. The molecule has 0 bridgehead atoms. The van der Waals surface area contributed by atoms with Crippen LogP contribution in [0.2, 0.25) is 0 Å². The summed E-state index contributed by atoms with van der Waals surface area (Å²) >= 11 is 0. The van der Waals surface area contributed by atoms with Gasteiger partial charge in [-0.1, -0.05) is 5.92 Å². The number of methoxy groups -OCH3 is 1. The fourth-order valence-corrected chi connectivity index (χ4v) is 2.64. The Balaban J connectivity index is 3.24. The van der Waals surface area contributed by atoms with Gasteiger partial charge in [-0.05, 0) is 0 Å². The summed E-state index contributed by atoms with van der Waals surface area (Å²) in [6, 6.07) is -1.10. The molecule has 1 saturated heterocycles. The molecule has 1 unspecified atom stereocenters. The van der Waals surface area contributed by atoms with E-state index in [1.807, 2.05) is 0 Å². The fourth-order valence-electron chi connectivity index (χ4n) is 2.64. The van der Waals surface area contributed by atoms with Gasteiger partial charge >= 0.3 is 5.97 Å². The zero-order valence-electron chi connectivity index (χ0n) is 14.2. The van der Waals surface area contributed by atoms with Crippen LogP contribution in [-0.2, 0) is 23.8 Å². The van der Waals surface area contributed by atoms with Gasteiger partial charge in [0.15, 0.2) is 0 Å². The molecule has 1 rings (SSSR count). The van der Waals surface area contributed by atoms with Gasteiger partial charge in [-0.15, -0.1) is 6.42 Å². The molecule has 0 saturated carbocycles. The molecule has 0 aromatic heterocycles. The number of esters is 1. The van der Waals surface area contributed by atoms with E-state index in [0.29, 0.717) is 0 Å². The number of amides is 1. The van der Waals surface area contributed by atoms with Gasteiger partial charge in [0.1, 0.15) is 31.5 Å². The van der Waals surface area contributed by atoms with Crippen LogP contribution < -0.4 is 11.1 Å². The van der Waals surface area contributed by atoms with E-state index in [2.05, 4.69) is 21.7 Å². The molecular weight excluding hydrogens is 336 g/mol. The zero-order valence-corrected chi connectivity index (χ0v) is 14.2. The van der Waals surface area contributed by atoms with Crippen molar-refractivity contribution >= 4 is 11.9 Å². The first-order chi connectivity index (χ1) is 11.7. The minimum absolute atomic E-state index is 0.0691. The SMILES string of the molecule is C#CCO[C@]1(C(=O)OC)C[C@@H](O)[C@@H](NC(C)=O)C([C@H](O)[C@H](O)C[NH3+])O1. The third-order valence-electron chi connectivity index (χ3n) is 3.85. The Labute approximate surface area is 145 Å². The topological polar surface area (TPSA) is 162 Å². The molecule has 10 nitrogen and oxygen atoms in total. The second-order valence-electron chi connectivity index (χ2n) is 5.66. The summed E-state index contributed by atoms with van der Waals surface area (Å²) in [6.07, 6.45) is -0.861. The first kappa shape index (κ1) is 21.3. The van der Waals surface area contributed by atoms with Crippen LogP contribution in [0.3, 0.4) is 0 Å². The molecule has 0 aromatic rings. The molecule has 1 fully saturated rings. The Bertz CT molecular complexity index is 522. The molecule has 1 aliphatic heterocycles. The van der Waals surface area contributed by atoms with Crippen molar-refractivity contribution < 1.29 is 44.9 Å². The van der Waals surface area contributed by atoms with Crippen LogP contribution >= 0.6 is 0 Å². The van der Waals surface area contributed by atoms with Crippen LogP contribution in [-0.4, -0.2) is 83.7 Å². The monoisotopic (exact) mass is 361 g/mol. The average molecular weight is 361 g/mol. The normalized spacial score (nSPS) is 31.5. The van der Waals surface area contributed by atoms with Crippen molar-refractivity contribution in [2.75, 3.05) is 20.3 Å². The molecule has 0 aromatic carbocycles. The van der Waals surface area contributed by atoms with Crippen molar-refractivity contribution in [2.45, 2.75) is 49.6 Å². The summed E-state index contributed by atoms with van der Waals surface area (Å²) in [5, 5.41) is 33.1. The lowest BCUT2D eigenvalue weighted by atomic mass is 9.88. The van der Waals surface area contributed by atoms with Crippen molar-refractivity contribution in [1.29, 1.82) is 0 Å². The number of hydrogen-bond acceptors (Lipinski definition) is 8. The molecule has 0 spiro atoms. The quantitative estimate of drug-likeness (QED) is 0.227. The molecule has 0 radical (unpaired) electrons. The number of rotatable bonds is 7. The minimum atomic E-state index is -2.08. The lowest BCUT2D eigenvalue weighted by molar-refractivity contribution is -0.393. The van der Waals surface area contributed by atoms with Crippen LogP contribution in [0.5, 0.6) is 0 Å². The van der Waals surface area contributed by atoms with Gasteiger partial charge in [-0.3, -0.25) is 4.79 Å². The number of terminal acetylenes is 1. The van der Waals surface area contributed by atoms with Crippen LogP contribution in [0.4, 0.5) is 0 Å². The van der Waals surface area contributed by atoms with Crippen molar-refractivity contribution in [1.82, 2.24) is 5.32 Å². The number of aliphatic hydroxyl groups is 3. The third-order valence-corrected chi connectivity index (χ3v) is 3.85. The molecule has 142 valence electrons. The number of aliphatic hydroxyl groups excluding tert-OH is 3. The average Bonchev–Trinajstić information content (AvgIpc) is 2.59. The number of nitrogens with one attached hydrogen (secondary N) is 1. The molecule has 0 aliphatic carbocycles. The number of carbonyl (C=O) groups is 2. The largest absolute Gasteiger partial charge is 0.465 e. The zero-order chi connectivity index (χ0) is 19.2. The second kappa shape index (κ2) is 9.10. The summed E-state index contributed by atoms with van der Waals surface area (Å²) in [5.74, 6) is -1.37. The molecule has 7 N–H and O–H groups in total. The lowest BCUT2D eigenvalue weighted by Crippen LogP contribution is -2.69. The molecule has 1 amide bonds. The Morgan fingerprint density at radius 1 is 1.52 bits per heavy atom. The summed E-state index contributed by atoms with van der Waals surface area (Å²) in [7, 11) is 1.09. The first-order valence-corrected chi connectivity index (χ1v) is 7.66. The fraction of sp³-hybridized carbons (Fsp3) is 0.733. The maximum atomic E-state index is 12.2. The highest BCUT2D eigenvalue weighted by molar-refractivity contribution is 5.78. The second-order valence-corrected chi connectivity index (χ2v) is 5.66. The highest BCUT2D eigenvalue weighted by Gasteiger charge is 2.56. The minimum Gasteiger partial charge on any atom is -0.465 e. The van der Waals surface area contributed by atoms with Gasteiger partial charge in [0.2, 0.25) is 5.91 Å². The molecule has 6 atom stereocenters. The first-order valence-electron chi connectivity index (χ1n) is 7.66. The van der Waals surface area contributed by atoms with Crippen LogP contribution in [0.25, 0.3) is 0 Å². The Morgan fingerprint density at radius 3 is 2.64 bits per heavy atom. The molecule has 1 aliphatic rings. The van der Waals surface area contributed by atoms with Crippen molar-refractivity contribution in [2.24, 2.45) is 0 Å². The van der Waals surface area contributed by atoms with E-state index < -0.39 is 54.5 Å². The summed E-state index contributed by atoms with van der Waals surface area (Å²) in [5.41, 5.74) is 3.48. The number of quaternary nitrogens is 1. The van der Waals surface area contributed by atoms with Crippen LogP contribution in [0, 0.1) is 12.3 Å². The molecule has 25 heavy (non-hydrogen) atoms.